The number of hydrogen-bond acceptors (Lipinski definition) is 0. The molecule has 0 atom stereocenters. The lowest BCUT2D eigenvalue weighted by molar-refractivity contribution is -0.649. The number of nitrogens with zero attached hydrogens (tertiary/aromatic N) is 5. The molecule has 0 spiro atoms. The normalized spacial score (nSPS) is 12.3. The van der Waals surface area contributed by atoms with Crippen molar-refractivity contribution in [2.75, 3.05) is 0 Å². The maximum Gasteiger partial charge on any atom is 0.213 e. The van der Waals surface area contributed by atoms with Crippen molar-refractivity contribution in [3.8, 4) is 113 Å². The average molecular weight is 1520 g/mol. The van der Waals surface area contributed by atoms with E-state index in [9.17, 15) is 0 Å². The number of hydrogen-bond donors (Lipinski definition) is 0. The molecule has 0 bridgehead atoms. The number of benzene rings is 10. The van der Waals surface area contributed by atoms with Gasteiger partial charge in [-0.2, -0.15) is 22.8 Å². The van der Waals surface area contributed by atoms with E-state index in [0.717, 1.165) is 56.2 Å². The van der Waals surface area contributed by atoms with Crippen molar-refractivity contribution in [3.05, 3.63) is 384 Å². The first kappa shape index (κ1) is 72.0. The SMILES string of the molecule is Cc1ccc(-c2cc(C)cc(-c3ccccc3C)[n+]2C)c(C)c1.Cc1ccc(-c2cccc(-c3cc(C)ccc3C)[n+]2C)c(C)c1.Cc1ccc(-c2cccc(-c3ccc(C)cc3C)[n+]2C)c(C)c1.[2H]C([2H])([2H])c1ccc(-c2cc(C)cc(-c3ccccc3C)[n+]2C)c(C)c1.[2H]C([2H])([2H])c1ccc(-c2cccc(-c3cc(C([2H])([2H])[2H])ccc3C)[n+]2C)c(C)c1. The summed E-state index contributed by atoms with van der Waals surface area (Å²) in [6.45, 7) is 29.7. The fourth-order valence-corrected chi connectivity index (χ4v) is 15.9. The van der Waals surface area contributed by atoms with E-state index in [1.807, 2.05) is 74.9 Å². The highest BCUT2D eigenvalue weighted by Gasteiger charge is 2.26. The molecule has 0 N–H and O–H groups in total. The van der Waals surface area contributed by atoms with Crippen LogP contribution in [0.3, 0.4) is 0 Å². The Hall–Kier alpha value is -12.1. The molecular weight excluding hydrogens is 1390 g/mol. The Kier molecular flexibility index (Phi) is 23.0. The molecule has 0 aliphatic heterocycles. The average Bonchev–Trinajstić information content (AvgIpc) is 0.794. The fourth-order valence-electron chi connectivity index (χ4n) is 15.9. The van der Waals surface area contributed by atoms with E-state index in [2.05, 4.69) is 338 Å². The van der Waals surface area contributed by atoms with Crippen molar-refractivity contribution in [3.63, 3.8) is 0 Å². The first-order valence-corrected chi connectivity index (χ1v) is 39.8. The van der Waals surface area contributed by atoms with Gasteiger partial charge in [0.1, 0.15) is 35.2 Å². The summed E-state index contributed by atoms with van der Waals surface area (Å²) in [6.07, 6.45) is 0. The molecule has 0 amide bonds. The minimum absolute atomic E-state index is 0.307. The van der Waals surface area contributed by atoms with Crippen LogP contribution in [0.15, 0.2) is 273 Å². The molecular formula is C110H120N5+5. The highest BCUT2D eigenvalue weighted by Crippen LogP contribution is 2.34. The van der Waals surface area contributed by atoms with Gasteiger partial charge in [0.2, 0.25) is 56.9 Å². The molecule has 5 heterocycles. The fraction of sp³-hybridized carbons (Fsp3) is 0.227. The molecule has 15 aromatic rings. The van der Waals surface area contributed by atoms with Gasteiger partial charge in [-0.15, -0.1) is 0 Å². The third-order valence-corrected chi connectivity index (χ3v) is 22.3. The summed E-state index contributed by atoms with van der Waals surface area (Å²) >= 11 is 0. The second-order valence-corrected chi connectivity index (χ2v) is 31.6. The number of pyridine rings is 5. The molecule has 0 saturated carbocycles. The van der Waals surface area contributed by atoms with Crippen LogP contribution in [-0.4, -0.2) is 0 Å². The smallest absolute Gasteiger partial charge is 0.194 e. The van der Waals surface area contributed by atoms with Crippen molar-refractivity contribution in [2.24, 2.45) is 35.2 Å². The van der Waals surface area contributed by atoms with Crippen LogP contribution >= 0.6 is 0 Å². The van der Waals surface area contributed by atoms with E-state index in [1.54, 1.807) is 36.4 Å². The summed E-state index contributed by atoms with van der Waals surface area (Å²) in [5.41, 5.74) is 45.4. The van der Waals surface area contributed by atoms with E-state index in [-0.39, 0.29) is 0 Å². The zero-order valence-electron chi connectivity index (χ0n) is 80.7. The van der Waals surface area contributed by atoms with Gasteiger partial charge in [0.15, 0.2) is 0 Å². The first-order valence-electron chi connectivity index (χ1n) is 44.3. The van der Waals surface area contributed by atoms with Crippen LogP contribution in [0.25, 0.3) is 113 Å². The first-order chi connectivity index (χ1) is 58.5. The zero-order chi connectivity index (χ0) is 90.3. The van der Waals surface area contributed by atoms with Crippen LogP contribution in [0.4, 0.5) is 0 Å². The van der Waals surface area contributed by atoms with Crippen molar-refractivity contribution >= 4 is 0 Å². The van der Waals surface area contributed by atoms with Crippen LogP contribution in [0.1, 0.15) is 124 Å². The van der Waals surface area contributed by atoms with Gasteiger partial charge in [0.05, 0.1) is 0 Å². The minimum Gasteiger partial charge on any atom is -0.194 e. The highest BCUT2D eigenvalue weighted by molar-refractivity contribution is 5.73. The quantitative estimate of drug-likeness (QED) is 0.122. The predicted octanol–water partition coefficient (Wildman–Crippen LogP) is 25.4. The van der Waals surface area contributed by atoms with Gasteiger partial charge in [-0.25, -0.2) is 0 Å². The molecule has 15 rings (SSSR count). The second-order valence-electron chi connectivity index (χ2n) is 31.6. The summed E-state index contributed by atoms with van der Waals surface area (Å²) in [6, 6.07) is 94.0. The van der Waals surface area contributed by atoms with Gasteiger partial charge < -0.3 is 0 Å². The third kappa shape index (κ3) is 19.6. The van der Waals surface area contributed by atoms with Crippen molar-refractivity contribution in [1.29, 1.82) is 0 Å². The molecule has 0 aliphatic carbocycles. The highest BCUT2D eigenvalue weighted by atomic mass is 15.0. The van der Waals surface area contributed by atoms with E-state index < -0.39 is 20.6 Å². The summed E-state index contributed by atoms with van der Waals surface area (Å²) in [7, 11) is 10.5. The van der Waals surface area contributed by atoms with Gasteiger partial charge >= 0.3 is 0 Å². The molecule has 580 valence electrons. The van der Waals surface area contributed by atoms with Gasteiger partial charge in [-0.1, -0.05) is 178 Å². The van der Waals surface area contributed by atoms with E-state index in [1.165, 1.54) is 151 Å². The number of aromatic nitrogens is 5. The summed E-state index contributed by atoms with van der Waals surface area (Å²) in [5.74, 6) is 0. The zero-order valence-corrected chi connectivity index (χ0v) is 71.7. The van der Waals surface area contributed by atoms with E-state index in [0.29, 0.717) is 16.7 Å². The van der Waals surface area contributed by atoms with Crippen LogP contribution in [0.2, 0.25) is 0 Å². The standard InChI is InChI=1S/5C22H24N/c2*1-15-10-12-19(18(4)13-15)21-7-6-8-22(23(21)5)20-14-16(2)9-11-17(20)3;1-15-9-11-19(17(3)13-15)21-7-6-8-22(23(21)5)20-12-10-16(2)14-18(20)4;2*1-15-10-11-20(18(4)12-15)22-14-16(2)13-21(23(22)5)19-9-7-6-8-17(19)3/h5*6-14H,1-5H3/q5*+1/i1D3,2D3;;;1D3;. The second kappa shape index (κ2) is 36.8. The molecule has 10 aromatic carbocycles. The van der Waals surface area contributed by atoms with Crippen LogP contribution in [0.5, 0.6) is 0 Å². The summed E-state index contributed by atoms with van der Waals surface area (Å²) in [4.78, 5) is 0. The summed E-state index contributed by atoms with van der Waals surface area (Å²) in [5, 5.41) is 0. The number of aryl methyl sites for hydroxylation is 20. The maximum absolute atomic E-state index is 7.71. The molecule has 115 heavy (non-hydrogen) atoms. The van der Waals surface area contributed by atoms with Crippen LogP contribution in [0, 0.1) is 138 Å². The Labute approximate surface area is 701 Å². The van der Waals surface area contributed by atoms with Gasteiger partial charge in [-0.05, 0) is 284 Å². The van der Waals surface area contributed by atoms with Gasteiger partial charge in [0, 0.05) is 129 Å². The van der Waals surface area contributed by atoms with E-state index in [4.69, 9.17) is 12.3 Å². The summed E-state index contributed by atoms with van der Waals surface area (Å²) < 4.78 is 79.9. The molecule has 0 unspecified atom stereocenters. The number of rotatable bonds is 10. The molecule has 5 aromatic heterocycles. The molecule has 0 radical (unpaired) electrons. The lowest BCUT2D eigenvalue weighted by atomic mass is 9.98. The lowest BCUT2D eigenvalue weighted by Gasteiger charge is -2.11. The Bertz CT molecular complexity index is 6410. The maximum atomic E-state index is 7.71. The van der Waals surface area contributed by atoms with E-state index >= 15 is 0 Å². The predicted molar refractivity (Wildman–Crippen MR) is 487 cm³/mol. The molecule has 5 heteroatoms. The lowest BCUT2D eigenvalue weighted by Crippen LogP contribution is -2.34. The molecule has 0 aliphatic rings. The Morgan fingerprint density at radius 1 is 0.148 bits per heavy atom. The Balaban J connectivity index is 0.000000151. The molecule has 0 saturated heterocycles. The van der Waals surface area contributed by atoms with Crippen LogP contribution < -0.4 is 22.8 Å². The molecule has 0 fully saturated rings. The molecule has 5 nitrogen and oxygen atoms in total. The Morgan fingerprint density at radius 3 is 0.617 bits per heavy atom. The third-order valence-electron chi connectivity index (χ3n) is 22.3. The van der Waals surface area contributed by atoms with Crippen molar-refractivity contribution in [1.82, 2.24) is 0 Å². The van der Waals surface area contributed by atoms with Gasteiger partial charge in [-0.3, -0.25) is 0 Å². The van der Waals surface area contributed by atoms with Crippen LogP contribution in [-0.2, 0) is 35.2 Å². The van der Waals surface area contributed by atoms with Crippen molar-refractivity contribution in [2.45, 2.75) is 138 Å². The van der Waals surface area contributed by atoms with Gasteiger partial charge in [0.25, 0.3) is 0 Å². The minimum atomic E-state index is -2.17. The largest absolute Gasteiger partial charge is 0.213 e. The van der Waals surface area contributed by atoms with Crippen molar-refractivity contribution < 1.29 is 35.2 Å². The topological polar surface area (TPSA) is 19.4 Å². The monoisotopic (exact) mass is 1520 g/mol. The Morgan fingerprint density at radius 2 is 0.339 bits per heavy atom.